The molecule has 47 heavy (non-hydrogen) atoms. The molecule has 0 bridgehead atoms. The standard InChI is InChI=1S/C33H39NO13/c1-4-5-6-10-22(37)47-34-18-11-23(45-15(2)28(18)38)46-20-13-33(43,21(36)14-35)12-17-25(20)32(42)27-26(30(17)40)29(39)16-8-7-9-19(44-3)24(16)31(27)41/h7-9,15,18,20,23,28,34-35,38,40,42-43H,4-6,10-14H2,1-3H3/t15?,18?,20-,23?,28?,33-/m0/s1. The molecule has 6 N–H and O–H groups in total. The summed E-state index contributed by atoms with van der Waals surface area (Å²) < 4.78 is 17.3. The number of carbonyl (C=O) groups excluding carboxylic acids is 4. The highest BCUT2D eigenvalue weighted by molar-refractivity contribution is 6.31. The molecule has 0 spiro atoms. The number of phenols is 2. The maximum atomic E-state index is 13.8. The number of aliphatic hydroxyl groups is 3. The highest BCUT2D eigenvalue weighted by Crippen LogP contribution is 2.52. The van der Waals surface area contributed by atoms with Gasteiger partial charge in [-0.3, -0.25) is 19.2 Å². The van der Waals surface area contributed by atoms with E-state index in [4.69, 9.17) is 19.0 Å². The first-order valence-corrected chi connectivity index (χ1v) is 15.5. The molecule has 3 aliphatic rings. The van der Waals surface area contributed by atoms with Gasteiger partial charge in [-0.2, -0.15) is 0 Å². The second-order valence-electron chi connectivity index (χ2n) is 12.2. The number of methoxy groups -OCH3 is 1. The molecule has 0 aromatic heterocycles. The number of hydroxylamine groups is 1. The lowest BCUT2D eigenvalue weighted by Crippen LogP contribution is -2.55. The van der Waals surface area contributed by atoms with Crippen LogP contribution in [-0.2, 0) is 30.3 Å². The van der Waals surface area contributed by atoms with E-state index in [-0.39, 0.29) is 40.8 Å². The number of carbonyl (C=O) groups is 4. The van der Waals surface area contributed by atoms with Crippen molar-refractivity contribution in [1.29, 1.82) is 0 Å². The number of aromatic hydroxyl groups is 2. The zero-order valence-corrected chi connectivity index (χ0v) is 26.3. The van der Waals surface area contributed by atoms with Crippen LogP contribution in [0, 0.1) is 0 Å². The Morgan fingerprint density at radius 2 is 1.81 bits per heavy atom. The molecule has 0 amide bonds. The van der Waals surface area contributed by atoms with Gasteiger partial charge in [-0.05, 0) is 19.4 Å². The lowest BCUT2D eigenvalue weighted by atomic mass is 9.72. The molecule has 5 rings (SSSR count). The minimum absolute atomic E-state index is 0.0745. The van der Waals surface area contributed by atoms with Gasteiger partial charge in [-0.1, -0.05) is 31.9 Å². The number of nitrogens with one attached hydrogen (secondary N) is 1. The van der Waals surface area contributed by atoms with Gasteiger partial charge in [0.2, 0.25) is 5.78 Å². The fourth-order valence-electron chi connectivity index (χ4n) is 6.54. The van der Waals surface area contributed by atoms with E-state index in [1.807, 2.05) is 6.92 Å². The molecule has 2 aromatic rings. The number of ketones is 3. The number of aliphatic hydroxyl groups excluding tert-OH is 2. The lowest BCUT2D eigenvalue weighted by molar-refractivity contribution is -0.256. The van der Waals surface area contributed by atoms with Crippen molar-refractivity contribution in [2.45, 2.75) is 95.0 Å². The maximum Gasteiger partial charge on any atom is 0.324 e. The Morgan fingerprint density at radius 3 is 2.49 bits per heavy atom. The van der Waals surface area contributed by atoms with Crippen molar-refractivity contribution in [1.82, 2.24) is 5.48 Å². The van der Waals surface area contributed by atoms with Gasteiger partial charge in [0.15, 0.2) is 17.9 Å². The van der Waals surface area contributed by atoms with E-state index in [1.165, 1.54) is 25.3 Å². The van der Waals surface area contributed by atoms with E-state index in [1.54, 1.807) is 6.92 Å². The monoisotopic (exact) mass is 657 g/mol. The van der Waals surface area contributed by atoms with Gasteiger partial charge in [0.05, 0.1) is 48.2 Å². The van der Waals surface area contributed by atoms with E-state index < -0.39 is 102 Å². The quantitative estimate of drug-likeness (QED) is 0.0982. The Morgan fingerprint density at radius 1 is 1.09 bits per heavy atom. The van der Waals surface area contributed by atoms with Crippen LogP contribution in [0.4, 0.5) is 0 Å². The molecular formula is C33H39NO13. The summed E-state index contributed by atoms with van der Waals surface area (Å²) >= 11 is 0. The first-order valence-electron chi connectivity index (χ1n) is 15.5. The van der Waals surface area contributed by atoms with Crippen LogP contribution in [-0.4, -0.2) is 92.7 Å². The third-order valence-electron chi connectivity index (χ3n) is 9.07. The number of hydrogen-bond acceptors (Lipinski definition) is 14. The molecule has 14 heteroatoms. The highest BCUT2D eigenvalue weighted by Gasteiger charge is 2.50. The smallest absolute Gasteiger partial charge is 0.324 e. The molecule has 1 aliphatic heterocycles. The summed E-state index contributed by atoms with van der Waals surface area (Å²) in [7, 11) is 1.31. The van der Waals surface area contributed by atoms with Gasteiger partial charge < -0.3 is 44.6 Å². The van der Waals surface area contributed by atoms with Crippen molar-refractivity contribution in [2.75, 3.05) is 13.7 Å². The minimum atomic E-state index is -2.31. The second-order valence-corrected chi connectivity index (χ2v) is 12.2. The number of unbranched alkanes of at least 4 members (excludes halogenated alkanes) is 2. The molecule has 0 radical (unpaired) electrons. The second kappa shape index (κ2) is 13.7. The first-order chi connectivity index (χ1) is 22.4. The van der Waals surface area contributed by atoms with E-state index >= 15 is 0 Å². The zero-order chi connectivity index (χ0) is 34.2. The predicted molar refractivity (Wildman–Crippen MR) is 161 cm³/mol. The molecule has 1 heterocycles. The number of fused-ring (bicyclic) bond motifs is 3. The number of ether oxygens (including phenoxy) is 3. The summed E-state index contributed by atoms with van der Waals surface area (Å²) in [5.41, 5.74) is -1.32. The van der Waals surface area contributed by atoms with Crippen molar-refractivity contribution < 1.29 is 63.8 Å². The van der Waals surface area contributed by atoms with Crippen molar-refractivity contribution in [3.63, 3.8) is 0 Å². The number of rotatable bonds is 11. The average Bonchev–Trinajstić information content (AvgIpc) is 3.05. The van der Waals surface area contributed by atoms with Crippen LogP contribution >= 0.6 is 0 Å². The van der Waals surface area contributed by atoms with Crippen molar-refractivity contribution >= 4 is 23.3 Å². The first kappa shape index (κ1) is 34.4. The molecule has 0 saturated carbocycles. The van der Waals surface area contributed by atoms with Crippen LogP contribution in [0.2, 0.25) is 0 Å². The van der Waals surface area contributed by atoms with Crippen molar-refractivity contribution in [3.8, 4) is 17.2 Å². The van der Waals surface area contributed by atoms with Crippen LogP contribution in [0.3, 0.4) is 0 Å². The van der Waals surface area contributed by atoms with Crippen molar-refractivity contribution in [3.05, 3.63) is 51.6 Å². The van der Waals surface area contributed by atoms with Crippen LogP contribution in [0.15, 0.2) is 18.2 Å². The number of benzene rings is 2. The molecule has 4 unspecified atom stereocenters. The van der Waals surface area contributed by atoms with Gasteiger partial charge >= 0.3 is 5.97 Å². The summed E-state index contributed by atoms with van der Waals surface area (Å²) in [5.74, 6) is -4.48. The molecule has 1 fully saturated rings. The Bertz CT molecular complexity index is 1590. The summed E-state index contributed by atoms with van der Waals surface area (Å²) in [5, 5.41) is 55.0. The fourth-order valence-corrected chi connectivity index (χ4v) is 6.54. The summed E-state index contributed by atoms with van der Waals surface area (Å²) in [6, 6.07) is 3.47. The Hall–Kier alpha value is -3.92. The average molecular weight is 658 g/mol. The molecule has 254 valence electrons. The topological polar surface area (TPSA) is 218 Å². The molecule has 6 atom stereocenters. The molecule has 14 nitrogen and oxygen atoms in total. The Balaban J connectivity index is 1.52. The minimum Gasteiger partial charge on any atom is -0.507 e. The molecule has 2 aliphatic carbocycles. The fraction of sp³-hybridized carbons (Fsp3) is 0.515. The maximum absolute atomic E-state index is 13.8. The highest BCUT2D eigenvalue weighted by atomic mass is 16.7. The van der Waals surface area contributed by atoms with Crippen LogP contribution in [0.1, 0.15) is 101 Å². The van der Waals surface area contributed by atoms with Gasteiger partial charge in [0.25, 0.3) is 0 Å². The van der Waals surface area contributed by atoms with Gasteiger partial charge in [-0.25, -0.2) is 0 Å². The van der Waals surface area contributed by atoms with Crippen LogP contribution < -0.4 is 10.2 Å². The van der Waals surface area contributed by atoms with Gasteiger partial charge in [0.1, 0.15) is 29.5 Å². The molecular weight excluding hydrogens is 618 g/mol. The third kappa shape index (κ3) is 6.24. The number of hydrogen-bond donors (Lipinski definition) is 6. The van der Waals surface area contributed by atoms with Gasteiger partial charge in [0, 0.05) is 42.4 Å². The van der Waals surface area contributed by atoms with E-state index in [2.05, 4.69) is 5.48 Å². The summed E-state index contributed by atoms with van der Waals surface area (Å²) in [6.07, 6.45) is -3.28. The zero-order valence-electron chi connectivity index (χ0n) is 26.3. The summed E-state index contributed by atoms with van der Waals surface area (Å²) in [4.78, 5) is 57.6. The third-order valence-corrected chi connectivity index (χ3v) is 9.07. The molecule has 2 aromatic carbocycles. The Kier molecular flexibility index (Phi) is 10.0. The number of phenolic OH excluding ortho intramolecular Hbond substituents is 2. The van der Waals surface area contributed by atoms with Gasteiger partial charge in [-0.15, -0.1) is 5.48 Å². The van der Waals surface area contributed by atoms with E-state index in [9.17, 15) is 44.7 Å². The molecule has 1 saturated heterocycles. The van der Waals surface area contributed by atoms with Crippen LogP contribution in [0.25, 0.3) is 0 Å². The normalized spacial score (nSPS) is 26.6. The van der Waals surface area contributed by atoms with Crippen molar-refractivity contribution in [2.24, 2.45) is 0 Å². The van der Waals surface area contributed by atoms with E-state index in [0.29, 0.717) is 6.42 Å². The predicted octanol–water partition coefficient (Wildman–Crippen LogP) is 1.67. The van der Waals surface area contributed by atoms with E-state index in [0.717, 1.165) is 12.8 Å². The summed E-state index contributed by atoms with van der Waals surface area (Å²) in [6.45, 7) is 2.49. The van der Waals surface area contributed by atoms with Crippen LogP contribution in [0.5, 0.6) is 17.2 Å². The number of Topliss-reactive ketones (excluding diaryl/α,β-unsaturated/α-hetero) is 1. The lowest BCUT2D eigenvalue weighted by Gasteiger charge is -2.42. The largest absolute Gasteiger partial charge is 0.507 e. The Labute approximate surface area is 270 Å². The SMILES string of the molecule is CCCCCC(=O)ONC1CC(O[C@H]2C[C@](O)(C(=O)CO)Cc3c(O)c4c(c(O)c32)C(=O)c2c(OC)cccc2C4=O)OC(C)C1O.